The lowest BCUT2D eigenvalue weighted by Crippen LogP contribution is -2.50. The molecule has 1 aromatic heterocycles. The first-order chi connectivity index (χ1) is 16.3. The Morgan fingerprint density at radius 3 is 2.39 bits per heavy atom. The number of para-hydroxylation sites is 1. The molecule has 4 rings (SSSR count). The van der Waals surface area contributed by atoms with Gasteiger partial charge in [-0.15, -0.1) is 0 Å². The highest BCUT2D eigenvalue weighted by atomic mass is 15.3. The molecule has 1 atom stereocenters. The van der Waals surface area contributed by atoms with E-state index < -0.39 is 0 Å². The van der Waals surface area contributed by atoms with Gasteiger partial charge in [0.25, 0.3) is 0 Å². The lowest BCUT2D eigenvalue weighted by molar-refractivity contribution is 0.0859. The molecule has 33 heavy (non-hydrogen) atoms. The Labute approximate surface area is 201 Å². The number of unbranched alkanes of at least 4 members (excludes halogenated alkanes) is 2. The predicted octanol–water partition coefficient (Wildman–Crippen LogP) is 6.69. The summed E-state index contributed by atoms with van der Waals surface area (Å²) in [6.45, 7) is 8.56. The van der Waals surface area contributed by atoms with Crippen LogP contribution >= 0.6 is 0 Å². The molecule has 0 bridgehead atoms. The van der Waals surface area contributed by atoms with Crippen LogP contribution in [0.4, 0.5) is 0 Å². The summed E-state index contributed by atoms with van der Waals surface area (Å²) in [7, 11) is 0. The first-order valence-electron chi connectivity index (χ1n) is 13.4. The Hall–Kier alpha value is -2.10. The molecule has 2 aromatic carbocycles. The van der Waals surface area contributed by atoms with Crippen molar-refractivity contribution in [3.63, 3.8) is 0 Å². The zero-order valence-electron chi connectivity index (χ0n) is 20.6. The maximum atomic E-state index is 3.42. The highest BCUT2D eigenvalue weighted by Crippen LogP contribution is 2.21. The molecule has 1 unspecified atom stereocenters. The van der Waals surface area contributed by atoms with Crippen molar-refractivity contribution in [1.82, 2.24) is 14.8 Å². The van der Waals surface area contributed by atoms with Gasteiger partial charge in [-0.05, 0) is 62.3 Å². The van der Waals surface area contributed by atoms with Crippen LogP contribution in [0.3, 0.4) is 0 Å². The van der Waals surface area contributed by atoms with Crippen LogP contribution in [-0.4, -0.2) is 53.5 Å². The van der Waals surface area contributed by atoms with E-state index in [0.29, 0.717) is 0 Å². The van der Waals surface area contributed by atoms with E-state index in [-0.39, 0.29) is 0 Å². The van der Waals surface area contributed by atoms with Crippen molar-refractivity contribution >= 4 is 10.9 Å². The van der Waals surface area contributed by atoms with Crippen LogP contribution in [0.2, 0.25) is 0 Å². The second-order valence-electron chi connectivity index (χ2n) is 9.87. The monoisotopic (exact) mass is 445 g/mol. The molecule has 3 heteroatoms. The fourth-order valence-corrected chi connectivity index (χ4v) is 5.56. The normalized spacial score (nSPS) is 16.4. The second-order valence-corrected chi connectivity index (χ2v) is 9.87. The Morgan fingerprint density at radius 1 is 0.788 bits per heavy atom. The number of aromatic amines is 1. The molecular formula is C30H43N3. The van der Waals surface area contributed by atoms with Crippen LogP contribution in [-0.2, 0) is 12.8 Å². The van der Waals surface area contributed by atoms with E-state index in [1.807, 2.05) is 0 Å². The van der Waals surface area contributed by atoms with E-state index in [0.717, 1.165) is 6.04 Å². The standard InChI is InChI=1S/C30H43N3/c1-2-12-28(17-8-4-7-15-26-13-5-3-6-14-26)33-23-21-32(22-24-33)20-11-16-27-25-31-30-19-10-9-18-29(27)30/h3,5-6,9-10,13-14,18-19,25,28,31H,2,4,7-8,11-12,15-17,20-24H2,1H3. The SMILES string of the molecule is CCCC(CCCCCc1ccccc1)N1CCN(CCCc2c[nH]c3ccccc23)CC1. The smallest absolute Gasteiger partial charge is 0.0456 e. The van der Waals surface area contributed by atoms with Gasteiger partial charge >= 0.3 is 0 Å². The summed E-state index contributed by atoms with van der Waals surface area (Å²) in [5.74, 6) is 0. The lowest BCUT2D eigenvalue weighted by atomic mass is 9.99. The molecule has 1 N–H and O–H groups in total. The van der Waals surface area contributed by atoms with E-state index in [1.54, 1.807) is 0 Å². The molecule has 3 nitrogen and oxygen atoms in total. The maximum absolute atomic E-state index is 3.42. The van der Waals surface area contributed by atoms with Crippen LogP contribution in [0.25, 0.3) is 10.9 Å². The molecule has 1 fully saturated rings. The minimum atomic E-state index is 0.792. The van der Waals surface area contributed by atoms with Crippen molar-refractivity contribution < 1.29 is 0 Å². The lowest BCUT2D eigenvalue weighted by Gasteiger charge is -2.39. The van der Waals surface area contributed by atoms with E-state index in [1.165, 1.54) is 113 Å². The van der Waals surface area contributed by atoms with Crippen LogP contribution < -0.4 is 0 Å². The van der Waals surface area contributed by atoms with Gasteiger partial charge in [-0.25, -0.2) is 0 Å². The number of nitrogens with zero attached hydrogens (tertiary/aromatic N) is 2. The third-order valence-electron chi connectivity index (χ3n) is 7.49. The molecule has 0 aliphatic carbocycles. The molecule has 1 aliphatic heterocycles. The van der Waals surface area contributed by atoms with E-state index in [4.69, 9.17) is 0 Å². The summed E-state index contributed by atoms with van der Waals surface area (Å²) in [5.41, 5.74) is 4.23. The van der Waals surface area contributed by atoms with Crippen LogP contribution in [0.5, 0.6) is 0 Å². The van der Waals surface area contributed by atoms with Gasteiger partial charge < -0.3 is 9.88 Å². The zero-order chi connectivity index (χ0) is 22.7. The molecule has 0 radical (unpaired) electrons. The van der Waals surface area contributed by atoms with Crippen molar-refractivity contribution in [2.24, 2.45) is 0 Å². The molecule has 0 amide bonds. The summed E-state index contributed by atoms with van der Waals surface area (Å²) in [6.07, 6.45) is 14.0. The number of rotatable bonds is 13. The molecule has 2 heterocycles. The first-order valence-corrected chi connectivity index (χ1v) is 13.4. The van der Waals surface area contributed by atoms with Crippen LogP contribution in [0, 0.1) is 0 Å². The maximum Gasteiger partial charge on any atom is 0.0456 e. The highest BCUT2D eigenvalue weighted by molar-refractivity contribution is 5.82. The molecular weight excluding hydrogens is 402 g/mol. The summed E-state index contributed by atoms with van der Waals surface area (Å²) in [4.78, 5) is 8.91. The highest BCUT2D eigenvalue weighted by Gasteiger charge is 2.22. The summed E-state index contributed by atoms with van der Waals surface area (Å²) in [6, 6.07) is 20.4. The van der Waals surface area contributed by atoms with E-state index in [9.17, 15) is 0 Å². The fourth-order valence-electron chi connectivity index (χ4n) is 5.56. The van der Waals surface area contributed by atoms with Gasteiger partial charge in [0.2, 0.25) is 0 Å². The van der Waals surface area contributed by atoms with Gasteiger partial charge in [0, 0.05) is 49.3 Å². The third kappa shape index (κ3) is 7.19. The van der Waals surface area contributed by atoms with Gasteiger partial charge in [0.1, 0.15) is 0 Å². The largest absolute Gasteiger partial charge is 0.361 e. The number of hydrogen-bond acceptors (Lipinski definition) is 2. The van der Waals surface area contributed by atoms with Gasteiger partial charge in [0.15, 0.2) is 0 Å². The minimum absolute atomic E-state index is 0.792. The molecule has 1 saturated heterocycles. The van der Waals surface area contributed by atoms with Crippen molar-refractivity contribution in [2.45, 2.75) is 70.8 Å². The second kappa shape index (κ2) is 13.0. The number of hydrogen-bond donors (Lipinski definition) is 1. The predicted molar refractivity (Wildman–Crippen MR) is 142 cm³/mol. The van der Waals surface area contributed by atoms with Gasteiger partial charge in [0.05, 0.1) is 0 Å². The molecule has 0 spiro atoms. The van der Waals surface area contributed by atoms with Crippen molar-refractivity contribution in [3.05, 3.63) is 71.9 Å². The average Bonchev–Trinajstić information content (AvgIpc) is 3.27. The van der Waals surface area contributed by atoms with Gasteiger partial charge in [-0.3, -0.25) is 4.90 Å². The first kappa shape index (κ1) is 24.0. The van der Waals surface area contributed by atoms with Gasteiger partial charge in [-0.1, -0.05) is 74.7 Å². The van der Waals surface area contributed by atoms with Crippen molar-refractivity contribution in [1.29, 1.82) is 0 Å². The molecule has 0 saturated carbocycles. The average molecular weight is 446 g/mol. The molecule has 178 valence electrons. The minimum Gasteiger partial charge on any atom is -0.361 e. The number of piperazine rings is 1. The third-order valence-corrected chi connectivity index (χ3v) is 7.49. The van der Waals surface area contributed by atoms with E-state index >= 15 is 0 Å². The van der Waals surface area contributed by atoms with E-state index in [2.05, 4.69) is 82.5 Å². The zero-order valence-corrected chi connectivity index (χ0v) is 20.6. The Balaban J connectivity index is 1.13. The number of benzene rings is 2. The molecule has 3 aromatic rings. The summed E-state index contributed by atoms with van der Waals surface area (Å²) < 4.78 is 0. The fraction of sp³-hybridized carbons (Fsp3) is 0.533. The van der Waals surface area contributed by atoms with Gasteiger partial charge in [-0.2, -0.15) is 0 Å². The quantitative estimate of drug-likeness (QED) is 0.296. The Bertz CT molecular complexity index is 924. The number of H-pyrrole nitrogens is 1. The Kier molecular flexibility index (Phi) is 9.44. The summed E-state index contributed by atoms with van der Waals surface area (Å²) in [5, 5.41) is 1.40. The number of fused-ring (bicyclic) bond motifs is 1. The summed E-state index contributed by atoms with van der Waals surface area (Å²) >= 11 is 0. The number of aromatic nitrogens is 1. The molecule has 1 aliphatic rings. The van der Waals surface area contributed by atoms with Crippen molar-refractivity contribution in [2.75, 3.05) is 32.7 Å². The Morgan fingerprint density at radius 2 is 1.58 bits per heavy atom. The topological polar surface area (TPSA) is 22.3 Å². The van der Waals surface area contributed by atoms with Crippen LogP contribution in [0.1, 0.15) is 63.0 Å². The number of nitrogens with one attached hydrogen (secondary N) is 1. The number of aryl methyl sites for hydroxylation is 2. The van der Waals surface area contributed by atoms with Crippen molar-refractivity contribution in [3.8, 4) is 0 Å². The van der Waals surface area contributed by atoms with Crippen LogP contribution in [0.15, 0.2) is 60.8 Å².